The van der Waals surface area contributed by atoms with Crippen molar-refractivity contribution in [2.45, 2.75) is 76.9 Å². The summed E-state index contributed by atoms with van der Waals surface area (Å²) in [6, 6.07) is 1.97. The lowest BCUT2D eigenvalue weighted by molar-refractivity contribution is 0.0909. The molecule has 2 aliphatic heterocycles. The zero-order chi connectivity index (χ0) is 14.7. The van der Waals surface area contributed by atoms with E-state index >= 15 is 0 Å². The van der Waals surface area contributed by atoms with E-state index in [0.717, 1.165) is 5.92 Å². The second-order valence-electron chi connectivity index (χ2n) is 7.57. The van der Waals surface area contributed by atoms with Crippen molar-refractivity contribution in [3.8, 4) is 0 Å². The van der Waals surface area contributed by atoms with E-state index in [-0.39, 0.29) is 0 Å². The second-order valence-corrected chi connectivity index (χ2v) is 7.57. The molecule has 2 heterocycles. The summed E-state index contributed by atoms with van der Waals surface area (Å²) in [5.74, 6) is 0.897. The summed E-state index contributed by atoms with van der Waals surface area (Å²) in [4.78, 5) is 10.2. The van der Waals surface area contributed by atoms with Gasteiger partial charge < -0.3 is 0 Å². The Hall–Kier alpha value is -0.410. The van der Waals surface area contributed by atoms with Crippen LogP contribution in [0.4, 0.5) is 0 Å². The van der Waals surface area contributed by atoms with Crippen LogP contribution >= 0.6 is 0 Å². The molecule has 21 heavy (non-hydrogen) atoms. The molecule has 1 saturated carbocycles. The first-order valence-corrected chi connectivity index (χ1v) is 9.25. The molecule has 1 aliphatic carbocycles. The topological polar surface area (TPSA) is 18.8 Å². The van der Waals surface area contributed by atoms with E-state index in [4.69, 9.17) is 4.99 Å². The van der Waals surface area contributed by atoms with E-state index < -0.39 is 0 Å². The summed E-state index contributed by atoms with van der Waals surface area (Å²) in [6.07, 6.45) is 12.2. The summed E-state index contributed by atoms with van der Waals surface area (Å²) < 4.78 is 0. The van der Waals surface area contributed by atoms with Gasteiger partial charge in [0.05, 0.1) is 6.04 Å². The van der Waals surface area contributed by atoms with Crippen LogP contribution in [0.3, 0.4) is 0 Å². The Morgan fingerprint density at radius 2 is 1.62 bits per heavy atom. The van der Waals surface area contributed by atoms with E-state index in [0.29, 0.717) is 18.1 Å². The molecular formula is C18H33N3. The van der Waals surface area contributed by atoms with Crippen LogP contribution in [0.2, 0.25) is 0 Å². The normalized spacial score (nSPS) is 33.7. The first-order chi connectivity index (χ1) is 10.2. The maximum Gasteiger partial charge on any atom is 0.0525 e. The number of hydrogen-bond acceptors (Lipinski definition) is 3. The third-order valence-electron chi connectivity index (χ3n) is 5.95. The fraction of sp³-hybridized carbons (Fsp3) is 0.944. The van der Waals surface area contributed by atoms with E-state index in [2.05, 4.69) is 29.9 Å². The molecule has 0 aromatic heterocycles. The molecule has 0 radical (unpaired) electrons. The van der Waals surface area contributed by atoms with E-state index in [1.165, 1.54) is 71.1 Å². The second kappa shape index (κ2) is 7.23. The first kappa shape index (κ1) is 15.5. The maximum absolute atomic E-state index is 4.98. The van der Waals surface area contributed by atoms with Gasteiger partial charge in [-0.2, -0.15) is 0 Å². The van der Waals surface area contributed by atoms with E-state index in [1.54, 1.807) is 0 Å². The highest BCUT2D eigenvalue weighted by Gasteiger charge is 2.30. The van der Waals surface area contributed by atoms with Gasteiger partial charge in [-0.3, -0.25) is 14.8 Å². The van der Waals surface area contributed by atoms with Gasteiger partial charge in [0, 0.05) is 44.5 Å². The largest absolute Gasteiger partial charge is 0.298 e. The van der Waals surface area contributed by atoms with Crippen molar-refractivity contribution in [2.75, 3.05) is 26.2 Å². The van der Waals surface area contributed by atoms with Gasteiger partial charge in [-0.25, -0.2) is 0 Å². The highest BCUT2D eigenvalue weighted by atomic mass is 15.3. The zero-order valence-corrected chi connectivity index (χ0v) is 14.0. The summed E-state index contributed by atoms with van der Waals surface area (Å²) in [6.45, 7) is 9.53. The Bertz CT molecular complexity index is 338. The molecular weight excluding hydrogens is 258 g/mol. The van der Waals surface area contributed by atoms with Gasteiger partial charge in [0.2, 0.25) is 0 Å². The molecule has 2 unspecified atom stereocenters. The molecule has 2 fully saturated rings. The Labute approximate surface area is 130 Å². The van der Waals surface area contributed by atoms with Crippen molar-refractivity contribution in [2.24, 2.45) is 10.9 Å². The van der Waals surface area contributed by atoms with E-state index in [1.807, 2.05) is 0 Å². The number of aliphatic imine (C=N–C) groups is 1. The third-order valence-corrected chi connectivity index (χ3v) is 5.95. The molecule has 0 bridgehead atoms. The van der Waals surface area contributed by atoms with Crippen molar-refractivity contribution in [1.82, 2.24) is 9.80 Å². The van der Waals surface area contributed by atoms with Crippen molar-refractivity contribution in [3.63, 3.8) is 0 Å². The molecule has 0 aromatic carbocycles. The minimum Gasteiger partial charge on any atom is -0.298 e. The van der Waals surface area contributed by atoms with Crippen molar-refractivity contribution in [1.29, 1.82) is 0 Å². The van der Waals surface area contributed by atoms with Gasteiger partial charge in [-0.1, -0.05) is 19.3 Å². The monoisotopic (exact) mass is 291 g/mol. The Morgan fingerprint density at radius 3 is 2.19 bits per heavy atom. The Balaban J connectivity index is 1.48. The van der Waals surface area contributed by atoms with Crippen LogP contribution in [-0.4, -0.2) is 60.3 Å². The lowest BCUT2D eigenvalue weighted by Crippen LogP contribution is -2.53. The fourth-order valence-electron chi connectivity index (χ4n) is 4.44. The molecule has 3 nitrogen and oxygen atoms in total. The average molecular weight is 291 g/mol. The Morgan fingerprint density at radius 1 is 0.905 bits per heavy atom. The highest BCUT2D eigenvalue weighted by Crippen LogP contribution is 2.32. The van der Waals surface area contributed by atoms with Gasteiger partial charge in [0.25, 0.3) is 0 Å². The van der Waals surface area contributed by atoms with E-state index in [9.17, 15) is 0 Å². The van der Waals surface area contributed by atoms with Crippen LogP contribution in [0, 0.1) is 5.92 Å². The van der Waals surface area contributed by atoms with Crippen LogP contribution < -0.4 is 0 Å². The predicted octanol–water partition coefficient (Wildman–Crippen LogP) is 3.19. The minimum absolute atomic E-state index is 0.624. The number of nitrogens with zero attached hydrogens (tertiary/aromatic N) is 3. The fourth-order valence-corrected chi connectivity index (χ4v) is 4.44. The summed E-state index contributed by atoms with van der Waals surface area (Å²) >= 11 is 0. The quantitative estimate of drug-likeness (QED) is 0.795. The van der Waals surface area contributed by atoms with Gasteiger partial charge >= 0.3 is 0 Å². The minimum atomic E-state index is 0.624. The summed E-state index contributed by atoms with van der Waals surface area (Å²) in [5.41, 5.74) is 0. The summed E-state index contributed by atoms with van der Waals surface area (Å²) in [7, 11) is 0. The molecule has 0 aromatic rings. The molecule has 120 valence electrons. The number of rotatable bonds is 3. The average Bonchev–Trinajstić information content (AvgIpc) is 2.56. The summed E-state index contributed by atoms with van der Waals surface area (Å²) in [5, 5.41) is 0. The zero-order valence-electron chi connectivity index (χ0n) is 14.0. The molecule has 0 spiro atoms. The van der Waals surface area contributed by atoms with Crippen LogP contribution in [0.5, 0.6) is 0 Å². The predicted molar refractivity (Wildman–Crippen MR) is 90.2 cm³/mol. The van der Waals surface area contributed by atoms with Crippen molar-refractivity contribution in [3.05, 3.63) is 0 Å². The van der Waals surface area contributed by atoms with Crippen molar-refractivity contribution >= 4 is 6.21 Å². The number of hydrogen-bond donors (Lipinski definition) is 0. The smallest absolute Gasteiger partial charge is 0.0525 e. The van der Waals surface area contributed by atoms with Crippen LogP contribution in [0.15, 0.2) is 4.99 Å². The van der Waals surface area contributed by atoms with Gasteiger partial charge in [0.15, 0.2) is 0 Å². The molecule has 0 N–H and O–H groups in total. The molecule has 3 rings (SSSR count). The van der Waals surface area contributed by atoms with Gasteiger partial charge in [-0.15, -0.1) is 0 Å². The third kappa shape index (κ3) is 3.87. The van der Waals surface area contributed by atoms with Gasteiger partial charge in [0.1, 0.15) is 0 Å². The first-order valence-electron chi connectivity index (χ1n) is 9.25. The molecule has 0 amide bonds. The maximum atomic E-state index is 4.98. The van der Waals surface area contributed by atoms with Crippen LogP contribution in [0.1, 0.15) is 58.8 Å². The Kier molecular flexibility index (Phi) is 5.33. The van der Waals surface area contributed by atoms with Gasteiger partial charge in [-0.05, 0) is 45.4 Å². The molecule has 1 saturated heterocycles. The van der Waals surface area contributed by atoms with Crippen LogP contribution in [0.25, 0.3) is 0 Å². The standard InChI is InChI=1S/C18H33N3/c1-15(2)20-10-12-21(13-11-20)17-8-9-18(19-14-17)16-6-4-3-5-7-16/h14-18H,3-13H2,1-2H3. The highest BCUT2D eigenvalue weighted by molar-refractivity contribution is 5.65. The van der Waals surface area contributed by atoms with Crippen molar-refractivity contribution < 1.29 is 0 Å². The van der Waals surface area contributed by atoms with Crippen LogP contribution in [-0.2, 0) is 0 Å². The lowest BCUT2D eigenvalue weighted by atomic mass is 9.81. The molecule has 3 aliphatic rings. The molecule has 3 heteroatoms. The SMILES string of the molecule is CC(C)N1CCN(C2C=NC(C3CCCCC3)CC2)CC1. The number of piperazine rings is 1. The lowest BCUT2D eigenvalue weighted by Gasteiger charge is -2.41. The molecule has 2 atom stereocenters.